The zero-order valence-corrected chi connectivity index (χ0v) is 32.5. The summed E-state index contributed by atoms with van der Waals surface area (Å²) >= 11 is 0. The number of fused-ring (bicyclic) bond motifs is 3. The third-order valence-electron chi connectivity index (χ3n) is 11.1. The summed E-state index contributed by atoms with van der Waals surface area (Å²) in [6, 6.07) is 9.54. The first-order valence-electron chi connectivity index (χ1n) is 19.1. The lowest BCUT2D eigenvalue weighted by atomic mass is 10.0. The van der Waals surface area contributed by atoms with Gasteiger partial charge in [-0.05, 0) is 60.8 Å². The molecule has 4 aromatic rings. The monoisotopic (exact) mass is 764 g/mol. The van der Waals surface area contributed by atoms with E-state index in [1.54, 1.807) is 22.2 Å². The van der Waals surface area contributed by atoms with Gasteiger partial charge in [0.2, 0.25) is 11.8 Å². The number of hydrogen-bond donors (Lipinski definition) is 4. The van der Waals surface area contributed by atoms with Gasteiger partial charge < -0.3 is 39.9 Å². The van der Waals surface area contributed by atoms with Gasteiger partial charge in [0.1, 0.15) is 23.7 Å². The standard InChI is InChI=1S/C41H48N8O7/c1-21(2)33(46-40(53)55-5)38(51)48-15-7-9-31(48)36-42-19-29(44-36)23-11-13-25-26-14-12-24(18-28(26)35(50)27(25)17-23)30-20-43-37(45-30)32-10-8-16-49(32)39(52)34(22(3)4)47-41(54)56-6/h11-14,17-22,31-34H,7-10,15-16H2,1-6H3,(H,42,44)(H,43,45)(H,46,53)(H,47,54)/t31?,32?,33-,34-/m0/s1. The van der Waals surface area contributed by atoms with Gasteiger partial charge in [-0.25, -0.2) is 19.6 Å². The number of rotatable bonds is 10. The van der Waals surface area contributed by atoms with Crippen LogP contribution in [0.3, 0.4) is 0 Å². The summed E-state index contributed by atoms with van der Waals surface area (Å²) in [6.07, 6.45) is 5.20. The van der Waals surface area contributed by atoms with E-state index in [2.05, 4.69) is 30.6 Å². The largest absolute Gasteiger partial charge is 0.453 e. The average Bonchev–Trinajstić information content (AvgIpc) is 4.05. The molecule has 2 fully saturated rings. The summed E-state index contributed by atoms with van der Waals surface area (Å²) in [7, 11) is 2.54. The topological polar surface area (TPSA) is 192 Å². The highest BCUT2D eigenvalue weighted by Crippen LogP contribution is 2.41. The Morgan fingerprint density at radius 1 is 0.679 bits per heavy atom. The zero-order chi connectivity index (χ0) is 39.8. The minimum Gasteiger partial charge on any atom is -0.453 e. The Hall–Kier alpha value is -5.99. The predicted octanol–water partition coefficient (Wildman–Crippen LogP) is 5.77. The van der Waals surface area contributed by atoms with Crippen LogP contribution in [0.15, 0.2) is 48.8 Å². The number of H-pyrrole nitrogens is 2. The SMILES string of the molecule is COC(=O)N[C@H](C(=O)N1CCCC1c1ncc(-c2ccc3c(c2)C(=O)c2cc(-c4cnc(C5CCCN5C(=O)[C@@H](NC(=O)OC)C(C)C)[nH]4)ccc2-3)[nH]1)C(C)C. The van der Waals surface area contributed by atoms with Gasteiger partial charge in [0.25, 0.3) is 0 Å². The number of amides is 4. The molecular formula is C41H48N8O7. The fourth-order valence-electron chi connectivity index (χ4n) is 8.11. The second kappa shape index (κ2) is 15.6. The molecule has 4 heterocycles. The molecule has 3 aliphatic rings. The zero-order valence-electron chi connectivity index (χ0n) is 32.5. The summed E-state index contributed by atoms with van der Waals surface area (Å²) in [4.78, 5) is 84.8. The predicted molar refractivity (Wildman–Crippen MR) is 206 cm³/mol. The van der Waals surface area contributed by atoms with Crippen molar-refractivity contribution in [1.29, 1.82) is 0 Å². The average molecular weight is 765 g/mol. The summed E-state index contributed by atoms with van der Waals surface area (Å²) in [5.74, 6) is 0.557. The smallest absolute Gasteiger partial charge is 0.407 e. The molecule has 2 saturated heterocycles. The Morgan fingerprint density at radius 3 is 1.46 bits per heavy atom. The van der Waals surface area contributed by atoms with Gasteiger partial charge >= 0.3 is 12.2 Å². The minimum absolute atomic E-state index is 0.0889. The van der Waals surface area contributed by atoms with Gasteiger partial charge in [0, 0.05) is 35.3 Å². The van der Waals surface area contributed by atoms with E-state index in [1.165, 1.54) is 14.2 Å². The lowest BCUT2D eigenvalue weighted by Crippen LogP contribution is -2.51. The number of nitrogens with one attached hydrogen (secondary N) is 4. The molecule has 4 N–H and O–H groups in total. The lowest BCUT2D eigenvalue weighted by Gasteiger charge is -2.30. The van der Waals surface area contributed by atoms with Gasteiger partial charge in [-0.2, -0.15) is 0 Å². The molecule has 7 rings (SSSR count). The van der Waals surface area contributed by atoms with Gasteiger partial charge in [0.15, 0.2) is 5.78 Å². The molecule has 15 nitrogen and oxygen atoms in total. The molecule has 294 valence electrons. The van der Waals surface area contributed by atoms with Gasteiger partial charge in [0.05, 0.1) is 50.1 Å². The molecule has 15 heteroatoms. The summed E-state index contributed by atoms with van der Waals surface area (Å²) in [5, 5.41) is 5.36. The van der Waals surface area contributed by atoms with Crippen molar-refractivity contribution in [3.05, 3.63) is 71.6 Å². The summed E-state index contributed by atoms with van der Waals surface area (Å²) in [6.45, 7) is 8.61. The number of hydrogen-bond acceptors (Lipinski definition) is 9. The van der Waals surface area contributed by atoms with Crippen molar-refractivity contribution in [2.75, 3.05) is 27.3 Å². The maximum Gasteiger partial charge on any atom is 0.407 e. The first-order chi connectivity index (χ1) is 26.9. The van der Waals surface area contributed by atoms with Crippen molar-refractivity contribution in [3.63, 3.8) is 0 Å². The number of imidazole rings is 2. The Labute approximate surface area is 324 Å². The molecule has 56 heavy (non-hydrogen) atoms. The highest BCUT2D eigenvalue weighted by atomic mass is 16.5. The van der Waals surface area contributed by atoms with Crippen LogP contribution in [0.4, 0.5) is 9.59 Å². The van der Waals surface area contributed by atoms with Crippen molar-refractivity contribution < 1.29 is 33.4 Å². The normalized spacial score (nSPS) is 18.5. The van der Waals surface area contributed by atoms with E-state index in [1.807, 2.05) is 64.1 Å². The van der Waals surface area contributed by atoms with Gasteiger partial charge in [-0.1, -0.05) is 52.0 Å². The van der Waals surface area contributed by atoms with Gasteiger partial charge in [-0.3, -0.25) is 14.4 Å². The molecule has 4 amide bonds. The van der Waals surface area contributed by atoms with Crippen LogP contribution in [0.2, 0.25) is 0 Å². The van der Waals surface area contributed by atoms with E-state index in [0.717, 1.165) is 59.3 Å². The van der Waals surface area contributed by atoms with E-state index in [-0.39, 0.29) is 41.5 Å². The molecule has 0 radical (unpaired) electrons. The number of carbonyl (C=O) groups excluding carboxylic acids is 5. The minimum atomic E-state index is -0.730. The molecular weight excluding hydrogens is 716 g/mol. The lowest BCUT2D eigenvalue weighted by molar-refractivity contribution is -0.136. The first kappa shape index (κ1) is 38.3. The second-order valence-electron chi connectivity index (χ2n) is 15.3. The second-order valence-corrected chi connectivity index (χ2v) is 15.3. The molecule has 0 spiro atoms. The van der Waals surface area contributed by atoms with Crippen LogP contribution in [0.5, 0.6) is 0 Å². The third kappa shape index (κ3) is 7.13. The number of aromatic amines is 2. The van der Waals surface area contributed by atoms with Crippen LogP contribution >= 0.6 is 0 Å². The summed E-state index contributed by atoms with van der Waals surface area (Å²) < 4.78 is 9.51. The van der Waals surface area contributed by atoms with Crippen LogP contribution < -0.4 is 10.6 Å². The van der Waals surface area contributed by atoms with Crippen molar-refractivity contribution >= 4 is 29.8 Å². The fraction of sp³-hybridized carbons (Fsp3) is 0.439. The number of likely N-dealkylation sites (tertiary alicyclic amines) is 2. The van der Waals surface area contributed by atoms with Crippen LogP contribution in [-0.4, -0.2) is 98.9 Å². The fourth-order valence-corrected chi connectivity index (χ4v) is 8.11. The number of aromatic nitrogens is 4. The maximum atomic E-state index is 13.9. The van der Waals surface area contributed by atoms with Gasteiger partial charge in [-0.15, -0.1) is 0 Å². The number of alkyl carbamates (subject to hydrolysis) is 2. The van der Waals surface area contributed by atoms with Crippen molar-refractivity contribution in [2.24, 2.45) is 11.8 Å². The molecule has 0 saturated carbocycles. The van der Waals surface area contributed by atoms with Crippen molar-refractivity contribution in [1.82, 2.24) is 40.4 Å². The van der Waals surface area contributed by atoms with E-state index in [9.17, 15) is 24.0 Å². The number of carbonyl (C=O) groups is 5. The van der Waals surface area contributed by atoms with Crippen LogP contribution in [0, 0.1) is 11.8 Å². The highest BCUT2D eigenvalue weighted by molar-refractivity contribution is 6.22. The van der Waals surface area contributed by atoms with Crippen LogP contribution in [0.25, 0.3) is 33.6 Å². The maximum absolute atomic E-state index is 13.9. The number of nitrogens with zero attached hydrogens (tertiary/aromatic N) is 4. The number of benzene rings is 2. The van der Waals surface area contributed by atoms with Crippen molar-refractivity contribution in [3.8, 4) is 33.6 Å². The Bertz CT molecular complexity index is 2020. The van der Waals surface area contributed by atoms with E-state index >= 15 is 0 Å². The number of methoxy groups -OCH3 is 2. The molecule has 2 aliphatic heterocycles. The number of ketones is 1. The summed E-state index contributed by atoms with van der Waals surface area (Å²) in [5.41, 5.74) is 5.90. The first-order valence-corrected chi connectivity index (χ1v) is 19.1. The molecule has 2 aromatic carbocycles. The van der Waals surface area contributed by atoms with E-state index in [0.29, 0.717) is 35.9 Å². The molecule has 2 unspecified atom stereocenters. The van der Waals surface area contributed by atoms with E-state index in [4.69, 9.17) is 9.47 Å². The third-order valence-corrected chi connectivity index (χ3v) is 11.1. The number of ether oxygens (including phenoxy) is 2. The Morgan fingerprint density at radius 2 is 1.09 bits per heavy atom. The van der Waals surface area contributed by atoms with Crippen molar-refractivity contribution in [2.45, 2.75) is 77.5 Å². The van der Waals surface area contributed by atoms with Crippen LogP contribution in [-0.2, 0) is 19.1 Å². The Kier molecular flexibility index (Phi) is 10.7. The molecule has 2 aromatic heterocycles. The van der Waals surface area contributed by atoms with Crippen LogP contribution in [0.1, 0.15) is 93.0 Å². The Balaban J connectivity index is 1.07. The molecule has 4 atom stereocenters. The highest BCUT2D eigenvalue weighted by Gasteiger charge is 2.39. The molecule has 1 aliphatic carbocycles. The van der Waals surface area contributed by atoms with E-state index < -0.39 is 24.3 Å². The quantitative estimate of drug-likeness (QED) is 0.137. The molecule has 0 bridgehead atoms.